The van der Waals surface area contributed by atoms with Crippen LogP contribution in [-0.4, -0.2) is 11.3 Å². The molecule has 1 aliphatic rings. The second kappa shape index (κ2) is 7.76. The lowest BCUT2D eigenvalue weighted by atomic mass is 9.72. The van der Waals surface area contributed by atoms with Crippen LogP contribution in [0.25, 0.3) is 0 Å². The first-order chi connectivity index (χ1) is 12.2. The van der Waals surface area contributed by atoms with Crippen LogP contribution in [0.4, 0.5) is 5.00 Å². The fraction of sp³-hybridized carbons (Fsp3) is 0.400. The van der Waals surface area contributed by atoms with Crippen molar-refractivity contribution < 1.29 is 5.11 Å². The molecule has 1 N–H and O–H groups in total. The number of nitrogens with zero attached hydrogens (tertiary/aromatic N) is 2. The zero-order valence-electron chi connectivity index (χ0n) is 14.9. The summed E-state index contributed by atoms with van der Waals surface area (Å²) in [5, 5.41) is 20.7. The predicted octanol–water partition coefficient (Wildman–Crippen LogP) is 6.44. The van der Waals surface area contributed by atoms with Crippen LogP contribution in [0, 0.1) is 29.8 Å². The SMILES string of the molecule is CC(C)(C)[C@H]1CCc2c(sc(N=Cc3cc(I)cc(I)c3O)c2C#N)C1. The van der Waals surface area contributed by atoms with E-state index in [-0.39, 0.29) is 11.2 Å². The van der Waals surface area contributed by atoms with E-state index in [9.17, 15) is 10.4 Å². The van der Waals surface area contributed by atoms with Crippen molar-refractivity contribution in [3.8, 4) is 11.8 Å². The smallest absolute Gasteiger partial charge is 0.137 e. The molecule has 0 bridgehead atoms. The van der Waals surface area contributed by atoms with Crippen LogP contribution in [0.3, 0.4) is 0 Å². The highest BCUT2D eigenvalue weighted by atomic mass is 127. The molecule has 26 heavy (non-hydrogen) atoms. The maximum atomic E-state index is 10.2. The van der Waals surface area contributed by atoms with Gasteiger partial charge in [-0.3, -0.25) is 0 Å². The summed E-state index contributed by atoms with van der Waals surface area (Å²) in [5.41, 5.74) is 2.87. The molecule has 136 valence electrons. The Morgan fingerprint density at radius 2 is 2.08 bits per heavy atom. The first-order valence-electron chi connectivity index (χ1n) is 8.47. The molecule has 3 rings (SSSR count). The Morgan fingerprint density at radius 3 is 2.73 bits per heavy atom. The molecule has 1 heterocycles. The summed E-state index contributed by atoms with van der Waals surface area (Å²) >= 11 is 5.98. The molecule has 0 spiro atoms. The number of rotatable bonds is 2. The van der Waals surface area contributed by atoms with Gasteiger partial charge in [-0.1, -0.05) is 20.8 Å². The molecule has 0 fully saturated rings. The minimum Gasteiger partial charge on any atom is -0.506 e. The molecule has 1 atom stereocenters. The minimum atomic E-state index is 0.238. The van der Waals surface area contributed by atoms with E-state index in [1.807, 2.05) is 12.1 Å². The van der Waals surface area contributed by atoms with Crippen molar-refractivity contribution in [2.75, 3.05) is 0 Å². The average Bonchev–Trinajstić information content (AvgIpc) is 2.92. The molecule has 2 aromatic rings. The molecule has 0 aliphatic heterocycles. The topological polar surface area (TPSA) is 56.4 Å². The molecule has 1 aromatic heterocycles. The third kappa shape index (κ3) is 4.09. The molecule has 0 amide bonds. The van der Waals surface area contributed by atoms with Gasteiger partial charge in [-0.2, -0.15) is 5.26 Å². The molecule has 1 aromatic carbocycles. The number of nitriles is 1. The maximum absolute atomic E-state index is 10.2. The Hall–Kier alpha value is -0.660. The summed E-state index contributed by atoms with van der Waals surface area (Å²) in [6, 6.07) is 6.18. The third-order valence-corrected chi connectivity index (χ3v) is 7.57. The van der Waals surface area contributed by atoms with Crippen LogP contribution in [0.1, 0.15) is 48.8 Å². The Morgan fingerprint density at radius 1 is 1.35 bits per heavy atom. The standard InChI is InChI=1S/C20H20I2N2OS/c1-20(2,3)12-4-5-14-15(9-23)19(26-17(14)7-12)24-10-11-6-13(21)8-16(22)18(11)25/h6,8,10,12,25H,4-5,7H2,1-3H3/t12-/m0/s1. The van der Waals surface area contributed by atoms with Gasteiger partial charge in [0.2, 0.25) is 0 Å². The number of hydrogen-bond donors (Lipinski definition) is 1. The Labute approximate surface area is 185 Å². The summed E-state index contributed by atoms with van der Waals surface area (Å²) in [6.45, 7) is 6.88. The van der Waals surface area contributed by atoms with E-state index in [1.54, 1.807) is 17.6 Å². The van der Waals surface area contributed by atoms with Crippen molar-refractivity contribution in [3.63, 3.8) is 0 Å². The van der Waals surface area contributed by atoms with Crippen LogP contribution in [0.2, 0.25) is 0 Å². The van der Waals surface area contributed by atoms with Gasteiger partial charge in [0, 0.05) is 20.2 Å². The molecule has 0 unspecified atom stereocenters. The van der Waals surface area contributed by atoms with Gasteiger partial charge in [0.25, 0.3) is 0 Å². The molecule has 3 nitrogen and oxygen atoms in total. The van der Waals surface area contributed by atoms with Gasteiger partial charge in [0.1, 0.15) is 16.8 Å². The van der Waals surface area contributed by atoms with Crippen molar-refractivity contribution in [3.05, 3.63) is 40.8 Å². The molecule has 0 radical (unpaired) electrons. The van der Waals surface area contributed by atoms with Crippen LogP contribution < -0.4 is 0 Å². The quantitative estimate of drug-likeness (QED) is 0.324. The van der Waals surface area contributed by atoms with Crippen molar-refractivity contribution in [1.82, 2.24) is 0 Å². The number of hydrogen-bond acceptors (Lipinski definition) is 4. The maximum Gasteiger partial charge on any atom is 0.137 e. The second-order valence-electron chi connectivity index (χ2n) is 7.69. The summed E-state index contributed by atoms with van der Waals surface area (Å²) < 4.78 is 1.85. The largest absolute Gasteiger partial charge is 0.506 e. The van der Waals surface area contributed by atoms with Gasteiger partial charge >= 0.3 is 0 Å². The Balaban J connectivity index is 1.96. The lowest BCUT2D eigenvalue weighted by Gasteiger charge is -2.33. The summed E-state index contributed by atoms with van der Waals surface area (Å²) in [4.78, 5) is 5.89. The van der Waals surface area contributed by atoms with Gasteiger partial charge in [-0.05, 0) is 93.5 Å². The van der Waals surface area contributed by atoms with Crippen LogP contribution in [-0.2, 0) is 12.8 Å². The van der Waals surface area contributed by atoms with E-state index < -0.39 is 0 Å². The van der Waals surface area contributed by atoms with E-state index in [1.165, 1.54) is 10.4 Å². The van der Waals surface area contributed by atoms with Gasteiger partial charge in [-0.25, -0.2) is 4.99 Å². The van der Waals surface area contributed by atoms with E-state index in [0.717, 1.165) is 31.4 Å². The molecule has 0 saturated heterocycles. The van der Waals surface area contributed by atoms with Crippen molar-refractivity contribution in [2.24, 2.45) is 16.3 Å². The molecule has 1 aliphatic carbocycles. The normalized spacial score (nSPS) is 17.3. The van der Waals surface area contributed by atoms with Crippen LogP contribution >= 0.6 is 56.5 Å². The number of halogens is 2. The highest BCUT2D eigenvalue weighted by Crippen LogP contribution is 2.45. The molecule has 0 saturated carbocycles. The van der Waals surface area contributed by atoms with Gasteiger partial charge in [0.15, 0.2) is 0 Å². The average molecular weight is 590 g/mol. The third-order valence-electron chi connectivity index (χ3n) is 4.96. The fourth-order valence-corrected chi connectivity index (χ4v) is 6.44. The number of aliphatic imine (C=N–C) groups is 1. The second-order valence-corrected chi connectivity index (χ2v) is 11.2. The zero-order valence-corrected chi connectivity index (χ0v) is 20.1. The first-order valence-corrected chi connectivity index (χ1v) is 11.4. The van der Waals surface area contributed by atoms with Gasteiger partial charge < -0.3 is 5.11 Å². The zero-order chi connectivity index (χ0) is 19.1. The molecular formula is C20H20I2N2OS. The minimum absolute atomic E-state index is 0.238. The van der Waals surface area contributed by atoms with Gasteiger partial charge in [0.05, 0.1) is 9.13 Å². The summed E-state index contributed by atoms with van der Waals surface area (Å²) in [6.07, 6.45) is 4.79. The highest BCUT2D eigenvalue weighted by molar-refractivity contribution is 14.1. The Kier molecular flexibility index (Phi) is 5.99. The van der Waals surface area contributed by atoms with Crippen molar-refractivity contribution >= 4 is 67.7 Å². The molecular weight excluding hydrogens is 570 g/mol. The number of phenols is 1. The van der Waals surface area contributed by atoms with E-state index in [0.29, 0.717) is 17.0 Å². The lowest BCUT2D eigenvalue weighted by molar-refractivity contribution is 0.218. The van der Waals surface area contributed by atoms with E-state index in [4.69, 9.17) is 0 Å². The number of aromatic hydroxyl groups is 1. The highest BCUT2D eigenvalue weighted by Gasteiger charge is 2.32. The Bertz CT molecular complexity index is 919. The first kappa shape index (κ1) is 20.1. The van der Waals surface area contributed by atoms with Gasteiger partial charge in [-0.15, -0.1) is 11.3 Å². The number of phenolic OH excluding ortho intramolecular Hbond substituents is 1. The fourth-order valence-electron chi connectivity index (χ4n) is 3.33. The molecule has 6 heteroatoms. The van der Waals surface area contributed by atoms with Crippen molar-refractivity contribution in [1.29, 1.82) is 5.26 Å². The van der Waals surface area contributed by atoms with Crippen molar-refractivity contribution in [2.45, 2.75) is 40.0 Å². The summed E-state index contributed by atoms with van der Waals surface area (Å²) in [5.74, 6) is 0.876. The van der Waals surface area contributed by atoms with Crippen LogP contribution in [0.15, 0.2) is 17.1 Å². The van der Waals surface area contributed by atoms with Crippen LogP contribution in [0.5, 0.6) is 5.75 Å². The lowest BCUT2D eigenvalue weighted by Crippen LogP contribution is -2.26. The monoisotopic (exact) mass is 590 g/mol. The number of benzene rings is 1. The van der Waals surface area contributed by atoms with E-state index in [2.05, 4.69) is 77.0 Å². The van der Waals surface area contributed by atoms with E-state index >= 15 is 0 Å². The summed E-state index contributed by atoms with van der Waals surface area (Å²) in [7, 11) is 0. The predicted molar refractivity (Wildman–Crippen MR) is 125 cm³/mol. The number of thiophene rings is 1. The number of fused-ring (bicyclic) bond motifs is 1.